The van der Waals surface area contributed by atoms with Crippen LogP contribution in [-0.2, 0) is 9.53 Å². The van der Waals surface area contributed by atoms with Crippen LogP contribution in [0.3, 0.4) is 0 Å². The zero-order valence-electron chi connectivity index (χ0n) is 17.5. The molecule has 5 atom stereocenters. The van der Waals surface area contributed by atoms with E-state index in [1.165, 1.54) is 31.4 Å². The SMILES string of the molecule is COc1ccc(-c2cc(=O)c3c(O)cc(O[C@@H]4O[C@@H](C(=O)O)[C@@H](O)[C@H](O)[C@H]4O)cc3o2)cc1O. The van der Waals surface area contributed by atoms with Gasteiger partial charge in [-0.3, -0.25) is 4.79 Å². The average Bonchev–Trinajstić information content (AvgIpc) is 2.78. The van der Waals surface area contributed by atoms with Crippen LogP contribution in [0.25, 0.3) is 22.3 Å². The van der Waals surface area contributed by atoms with E-state index in [1.54, 1.807) is 0 Å². The van der Waals surface area contributed by atoms with E-state index < -0.39 is 47.9 Å². The van der Waals surface area contributed by atoms with Crippen LogP contribution in [0, 0.1) is 0 Å². The molecule has 6 N–H and O–H groups in total. The van der Waals surface area contributed by atoms with E-state index in [2.05, 4.69) is 0 Å². The summed E-state index contributed by atoms with van der Waals surface area (Å²) in [6.45, 7) is 0. The van der Waals surface area contributed by atoms with E-state index in [0.717, 1.165) is 12.1 Å². The zero-order chi connectivity index (χ0) is 24.7. The van der Waals surface area contributed by atoms with Crippen molar-refractivity contribution in [3.63, 3.8) is 0 Å². The lowest BCUT2D eigenvalue weighted by molar-refractivity contribution is -0.271. The highest BCUT2D eigenvalue weighted by molar-refractivity contribution is 5.86. The van der Waals surface area contributed by atoms with Crippen LogP contribution in [-0.4, -0.2) is 74.4 Å². The highest BCUT2D eigenvalue weighted by Gasteiger charge is 2.48. The third-order valence-electron chi connectivity index (χ3n) is 5.31. The van der Waals surface area contributed by atoms with Gasteiger partial charge in [-0.1, -0.05) is 0 Å². The zero-order valence-corrected chi connectivity index (χ0v) is 17.5. The fraction of sp³-hybridized carbons (Fsp3) is 0.273. The van der Waals surface area contributed by atoms with Crippen molar-refractivity contribution in [1.29, 1.82) is 0 Å². The normalized spacial score (nSPS) is 24.6. The Morgan fingerprint density at radius 1 is 0.971 bits per heavy atom. The van der Waals surface area contributed by atoms with E-state index in [-0.39, 0.29) is 34.0 Å². The van der Waals surface area contributed by atoms with E-state index in [9.17, 15) is 35.1 Å². The minimum atomic E-state index is -1.90. The number of fused-ring (bicyclic) bond motifs is 1. The summed E-state index contributed by atoms with van der Waals surface area (Å²) in [5.41, 5.74) is -0.405. The molecule has 0 unspecified atom stereocenters. The Morgan fingerprint density at radius 3 is 2.35 bits per heavy atom. The lowest BCUT2D eigenvalue weighted by Gasteiger charge is -2.38. The number of hydrogen-bond donors (Lipinski definition) is 6. The van der Waals surface area contributed by atoms with Gasteiger partial charge in [-0.15, -0.1) is 0 Å². The van der Waals surface area contributed by atoms with Gasteiger partial charge in [0.15, 0.2) is 23.0 Å². The number of rotatable bonds is 5. The second kappa shape index (κ2) is 8.83. The van der Waals surface area contributed by atoms with Crippen LogP contribution in [0.4, 0.5) is 0 Å². The number of carboxylic acids is 1. The monoisotopic (exact) mass is 476 g/mol. The van der Waals surface area contributed by atoms with Crippen LogP contribution in [0.1, 0.15) is 0 Å². The minimum Gasteiger partial charge on any atom is -0.507 e. The third-order valence-corrected chi connectivity index (χ3v) is 5.31. The van der Waals surface area contributed by atoms with Crippen molar-refractivity contribution in [2.75, 3.05) is 7.11 Å². The number of phenols is 2. The van der Waals surface area contributed by atoms with Crippen molar-refractivity contribution in [2.24, 2.45) is 0 Å². The Bertz CT molecular complexity index is 1300. The van der Waals surface area contributed by atoms with Gasteiger partial charge in [0.1, 0.15) is 46.5 Å². The van der Waals surface area contributed by atoms with Crippen molar-refractivity contribution in [3.05, 3.63) is 46.6 Å². The summed E-state index contributed by atoms with van der Waals surface area (Å²) in [4.78, 5) is 23.9. The molecule has 0 saturated carbocycles. The first-order valence-electron chi connectivity index (χ1n) is 9.88. The molecule has 0 amide bonds. The first kappa shape index (κ1) is 23.3. The maximum absolute atomic E-state index is 12.6. The molecule has 4 rings (SSSR count). The number of aliphatic hydroxyl groups is 3. The van der Waals surface area contributed by atoms with Crippen LogP contribution < -0.4 is 14.9 Å². The molecular formula is C22H20O12. The van der Waals surface area contributed by atoms with Gasteiger partial charge in [-0.25, -0.2) is 4.79 Å². The average molecular weight is 476 g/mol. The molecule has 1 aliphatic rings. The number of phenolic OH excluding ortho intramolecular Hbond substituents is 2. The summed E-state index contributed by atoms with van der Waals surface area (Å²) in [5, 5.41) is 59.2. The number of ether oxygens (including phenoxy) is 3. The van der Waals surface area contributed by atoms with Crippen molar-refractivity contribution in [3.8, 4) is 34.3 Å². The molecule has 1 aromatic heterocycles. The van der Waals surface area contributed by atoms with Crippen LogP contribution in [0.5, 0.6) is 23.0 Å². The number of methoxy groups -OCH3 is 1. The lowest BCUT2D eigenvalue weighted by Crippen LogP contribution is -2.61. The van der Waals surface area contributed by atoms with Gasteiger partial charge in [0.05, 0.1) is 7.11 Å². The predicted molar refractivity (Wildman–Crippen MR) is 113 cm³/mol. The third kappa shape index (κ3) is 4.10. The van der Waals surface area contributed by atoms with E-state index >= 15 is 0 Å². The first-order chi connectivity index (χ1) is 16.1. The molecule has 0 radical (unpaired) electrons. The Hall–Kier alpha value is -3.84. The fourth-order valence-corrected chi connectivity index (χ4v) is 3.58. The van der Waals surface area contributed by atoms with Crippen molar-refractivity contribution in [1.82, 2.24) is 0 Å². The van der Waals surface area contributed by atoms with Crippen LogP contribution in [0.15, 0.2) is 45.6 Å². The van der Waals surface area contributed by atoms with Gasteiger partial charge < -0.3 is 49.3 Å². The largest absolute Gasteiger partial charge is 0.507 e. The Labute approximate surface area is 190 Å². The molecule has 2 heterocycles. The first-order valence-corrected chi connectivity index (χ1v) is 9.88. The quantitative estimate of drug-likeness (QED) is 0.292. The standard InChI is InChI=1S/C22H20O12/c1-31-13-3-2-8(4-10(13)23)14-7-12(25)16-11(24)5-9(6-15(16)33-14)32-22-19(28)17(26)18(27)20(34-22)21(29)30/h2-7,17-20,22-24,26-28H,1H3,(H,29,30)/t17-,18-,19+,20+,22+/m0/s1. The number of aliphatic hydroxyl groups excluding tert-OH is 3. The number of carbonyl (C=O) groups is 1. The predicted octanol–water partition coefficient (Wildman–Crippen LogP) is 0.151. The highest BCUT2D eigenvalue weighted by atomic mass is 16.7. The fourth-order valence-electron chi connectivity index (χ4n) is 3.58. The highest BCUT2D eigenvalue weighted by Crippen LogP contribution is 2.35. The summed E-state index contributed by atoms with van der Waals surface area (Å²) >= 11 is 0. The molecule has 1 aliphatic heterocycles. The summed E-state index contributed by atoms with van der Waals surface area (Å²) < 4.78 is 21.2. The van der Waals surface area contributed by atoms with Crippen molar-refractivity contribution in [2.45, 2.75) is 30.7 Å². The van der Waals surface area contributed by atoms with Gasteiger partial charge in [-0.2, -0.15) is 0 Å². The molecule has 1 fully saturated rings. The van der Waals surface area contributed by atoms with Gasteiger partial charge in [0.2, 0.25) is 6.29 Å². The Balaban J connectivity index is 1.72. The summed E-state index contributed by atoms with van der Waals surface area (Å²) in [7, 11) is 1.38. The second-order valence-electron chi connectivity index (χ2n) is 7.53. The number of carboxylic acid groups (broad SMARTS) is 1. The molecule has 0 aliphatic carbocycles. The minimum absolute atomic E-state index is 0.0467. The van der Waals surface area contributed by atoms with Gasteiger partial charge in [0, 0.05) is 23.8 Å². The Kier molecular flexibility index (Phi) is 6.06. The number of benzene rings is 2. The van der Waals surface area contributed by atoms with Crippen LogP contribution >= 0.6 is 0 Å². The Morgan fingerprint density at radius 2 is 1.71 bits per heavy atom. The second-order valence-corrected chi connectivity index (χ2v) is 7.53. The van der Waals surface area contributed by atoms with Crippen LogP contribution in [0.2, 0.25) is 0 Å². The molecule has 0 spiro atoms. The number of hydrogen-bond acceptors (Lipinski definition) is 11. The van der Waals surface area contributed by atoms with Crippen molar-refractivity contribution >= 4 is 16.9 Å². The van der Waals surface area contributed by atoms with Crippen molar-refractivity contribution < 1.29 is 54.1 Å². The van der Waals surface area contributed by atoms with E-state index in [1.807, 2.05) is 0 Å². The van der Waals surface area contributed by atoms with Gasteiger partial charge >= 0.3 is 5.97 Å². The van der Waals surface area contributed by atoms with Gasteiger partial charge in [0.25, 0.3) is 0 Å². The van der Waals surface area contributed by atoms with E-state index in [4.69, 9.17) is 23.7 Å². The maximum Gasteiger partial charge on any atom is 0.335 e. The molecule has 1 saturated heterocycles. The molecule has 12 nitrogen and oxygen atoms in total. The summed E-state index contributed by atoms with van der Waals surface area (Å²) in [5.74, 6) is -2.26. The smallest absolute Gasteiger partial charge is 0.335 e. The number of aromatic hydroxyl groups is 2. The maximum atomic E-state index is 12.6. The number of aliphatic carboxylic acids is 1. The molecule has 0 bridgehead atoms. The van der Waals surface area contributed by atoms with Gasteiger partial charge in [-0.05, 0) is 18.2 Å². The topological polar surface area (TPSA) is 196 Å². The van der Waals surface area contributed by atoms with E-state index in [0.29, 0.717) is 5.56 Å². The molecule has 3 aromatic rings. The summed E-state index contributed by atoms with van der Waals surface area (Å²) in [6.07, 6.45) is -9.24. The molecule has 180 valence electrons. The molecular weight excluding hydrogens is 456 g/mol. The molecule has 34 heavy (non-hydrogen) atoms. The molecule has 12 heteroatoms. The lowest BCUT2D eigenvalue weighted by atomic mass is 9.99. The summed E-state index contributed by atoms with van der Waals surface area (Å²) in [6, 6.07) is 7.63. The molecule has 2 aromatic carbocycles.